The minimum atomic E-state index is 0.433. The van der Waals surface area contributed by atoms with Gasteiger partial charge in [0.1, 0.15) is 5.82 Å². The fraction of sp³-hybridized carbons (Fsp3) is 0.545. The van der Waals surface area contributed by atoms with Gasteiger partial charge in [-0.3, -0.25) is 0 Å². The molecule has 16 heavy (non-hydrogen) atoms. The standard InChI is InChI=1S/C11H15Cl2N3/c1-7-4-9(2-3-14-7)16-11-10(13)5-8(12)6-15-11/h5-7,9,14H,2-4H2,1H3,(H,15,16). The van der Waals surface area contributed by atoms with Crippen molar-refractivity contribution in [2.24, 2.45) is 0 Å². The van der Waals surface area contributed by atoms with Crippen molar-refractivity contribution in [2.75, 3.05) is 11.9 Å². The van der Waals surface area contributed by atoms with Crippen LogP contribution in [0.25, 0.3) is 0 Å². The maximum Gasteiger partial charge on any atom is 0.145 e. The Balaban J connectivity index is 2.02. The van der Waals surface area contributed by atoms with Gasteiger partial charge in [-0.1, -0.05) is 23.2 Å². The Labute approximate surface area is 106 Å². The smallest absolute Gasteiger partial charge is 0.145 e. The summed E-state index contributed by atoms with van der Waals surface area (Å²) in [6.45, 7) is 3.22. The van der Waals surface area contributed by atoms with E-state index in [-0.39, 0.29) is 0 Å². The predicted octanol–water partition coefficient (Wildman–Crippen LogP) is 2.94. The molecule has 0 saturated carbocycles. The number of halogens is 2. The first-order chi connectivity index (χ1) is 7.65. The molecule has 2 atom stereocenters. The van der Waals surface area contributed by atoms with Crippen LogP contribution in [0.5, 0.6) is 0 Å². The Morgan fingerprint density at radius 2 is 2.31 bits per heavy atom. The van der Waals surface area contributed by atoms with Gasteiger partial charge in [0.25, 0.3) is 0 Å². The molecule has 1 aliphatic heterocycles. The van der Waals surface area contributed by atoms with Crippen LogP contribution in [0.15, 0.2) is 12.3 Å². The van der Waals surface area contributed by atoms with Crippen LogP contribution in [0.4, 0.5) is 5.82 Å². The van der Waals surface area contributed by atoms with Gasteiger partial charge in [0.05, 0.1) is 10.0 Å². The van der Waals surface area contributed by atoms with Crippen molar-refractivity contribution in [2.45, 2.75) is 31.8 Å². The molecule has 0 spiro atoms. The van der Waals surface area contributed by atoms with Gasteiger partial charge in [-0.15, -0.1) is 0 Å². The first-order valence-corrected chi connectivity index (χ1v) is 6.21. The quantitative estimate of drug-likeness (QED) is 0.858. The normalized spacial score (nSPS) is 25.4. The highest BCUT2D eigenvalue weighted by Gasteiger charge is 2.19. The van der Waals surface area contributed by atoms with Gasteiger partial charge in [-0.2, -0.15) is 0 Å². The van der Waals surface area contributed by atoms with E-state index in [0.29, 0.717) is 22.1 Å². The lowest BCUT2D eigenvalue weighted by molar-refractivity contribution is 0.396. The van der Waals surface area contributed by atoms with E-state index in [2.05, 4.69) is 22.5 Å². The third kappa shape index (κ3) is 3.00. The molecule has 5 heteroatoms. The fourth-order valence-corrected chi connectivity index (χ4v) is 2.41. The van der Waals surface area contributed by atoms with Gasteiger partial charge < -0.3 is 10.6 Å². The summed E-state index contributed by atoms with van der Waals surface area (Å²) in [5.41, 5.74) is 0. The van der Waals surface area contributed by atoms with Gasteiger partial charge in [0.15, 0.2) is 0 Å². The summed E-state index contributed by atoms with van der Waals surface area (Å²) in [7, 11) is 0. The number of pyridine rings is 1. The zero-order chi connectivity index (χ0) is 11.5. The lowest BCUT2D eigenvalue weighted by Gasteiger charge is -2.29. The van der Waals surface area contributed by atoms with E-state index in [1.807, 2.05) is 0 Å². The predicted molar refractivity (Wildman–Crippen MR) is 68.4 cm³/mol. The summed E-state index contributed by atoms with van der Waals surface area (Å²) < 4.78 is 0. The van der Waals surface area contributed by atoms with Crippen molar-refractivity contribution in [3.8, 4) is 0 Å². The molecule has 0 aliphatic carbocycles. The van der Waals surface area contributed by atoms with Crippen molar-refractivity contribution in [1.29, 1.82) is 0 Å². The molecule has 1 aromatic heterocycles. The van der Waals surface area contributed by atoms with Crippen LogP contribution in [0.2, 0.25) is 10.0 Å². The minimum absolute atomic E-state index is 0.433. The first kappa shape index (κ1) is 12.0. The number of anilines is 1. The van der Waals surface area contributed by atoms with Crippen molar-refractivity contribution in [1.82, 2.24) is 10.3 Å². The number of hydrogen-bond donors (Lipinski definition) is 2. The molecule has 0 amide bonds. The van der Waals surface area contributed by atoms with Crippen molar-refractivity contribution >= 4 is 29.0 Å². The van der Waals surface area contributed by atoms with E-state index in [9.17, 15) is 0 Å². The molecule has 2 unspecified atom stereocenters. The average Bonchev–Trinajstić information content (AvgIpc) is 2.22. The highest BCUT2D eigenvalue weighted by molar-refractivity contribution is 6.35. The summed E-state index contributed by atoms with van der Waals surface area (Å²) in [5, 5.41) is 7.92. The molecule has 1 aromatic rings. The van der Waals surface area contributed by atoms with Gasteiger partial charge in [0.2, 0.25) is 0 Å². The SMILES string of the molecule is CC1CC(Nc2ncc(Cl)cc2Cl)CCN1. The largest absolute Gasteiger partial charge is 0.366 e. The number of aromatic nitrogens is 1. The van der Waals surface area contributed by atoms with Crippen LogP contribution in [-0.2, 0) is 0 Å². The average molecular weight is 260 g/mol. The Morgan fingerprint density at radius 3 is 3.00 bits per heavy atom. The van der Waals surface area contributed by atoms with Gasteiger partial charge in [0, 0.05) is 18.3 Å². The van der Waals surface area contributed by atoms with E-state index in [4.69, 9.17) is 23.2 Å². The van der Waals surface area contributed by atoms with E-state index in [1.165, 1.54) is 0 Å². The summed E-state index contributed by atoms with van der Waals surface area (Å²) in [5.74, 6) is 0.727. The second-order valence-corrected chi connectivity index (χ2v) is 5.05. The minimum Gasteiger partial charge on any atom is -0.366 e. The Hall–Kier alpha value is -0.510. The molecule has 2 rings (SSSR count). The number of nitrogens with zero attached hydrogens (tertiary/aromatic N) is 1. The monoisotopic (exact) mass is 259 g/mol. The topological polar surface area (TPSA) is 37.0 Å². The van der Waals surface area contributed by atoms with Crippen LogP contribution in [-0.4, -0.2) is 23.6 Å². The van der Waals surface area contributed by atoms with E-state index < -0.39 is 0 Å². The molecule has 1 aliphatic rings. The molecule has 1 saturated heterocycles. The van der Waals surface area contributed by atoms with Crippen LogP contribution in [0.1, 0.15) is 19.8 Å². The summed E-state index contributed by atoms with van der Waals surface area (Å²) >= 11 is 11.9. The number of piperidine rings is 1. The van der Waals surface area contributed by atoms with E-state index >= 15 is 0 Å². The second-order valence-electron chi connectivity index (χ2n) is 4.20. The Morgan fingerprint density at radius 1 is 1.50 bits per heavy atom. The first-order valence-electron chi connectivity index (χ1n) is 5.46. The fourth-order valence-electron chi connectivity index (χ4n) is 1.98. The Kier molecular flexibility index (Phi) is 3.90. The van der Waals surface area contributed by atoms with Crippen LogP contribution < -0.4 is 10.6 Å². The van der Waals surface area contributed by atoms with Crippen LogP contribution in [0, 0.1) is 0 Å². The number of nitrogens with one attached hydrogen (secondary N) is 2. The van der Waals surface area contributed by atoms with Crippen LogP contribution in [0.3, 0.4) is 0 Å². The third-order valence-electron chi connectivity index (χ3n) is 2.77. The zero-order valence-corrected chi connectivity index (χ0v) is 10.6. The molecule has 88 valence electrons. The molecule has 2 heterocycles. The maximum absolute atomic E-state index is 6.06. The Bertz CT molecular complexity index is 370. The van der Waals surface area contributed by atoms with Crippen molar-refractivity contribution in [3.63, 3.8) is 0 Å². The van der Waals surface area contributed by atoms with Crippen molar-refractivity contribution < 1.29 is 0 Å². The summed E-state index contributed by atoms with van der Waals surface area (Å²) in [4.78, 5) is 4.20. The lowest BCUT2D eigenvalue weighted by atomic mass is 10.0. The molecule has 0 bridgehead atoms. The second kappa shape index (κ2) is 5.21. The van der Waals surface area contributed by atoms with Crippen molar-refractivity contribution in [3.05, 3.63) is 22.3 Å². The molecule has 3 nitrogen and oxygen atoms in total. The van der Waals surface area contributed by atoms with Gasteiger partial charge in [-0.05, 0) is 32.4 Å². The van der Waals surface area contributed by atoms with Gasteiger partial charge in [-0.25, -0.2) is 4.98 Å². The highest BCUT2D eigenvalue weighted by atomic mass is 35.5. The summed E-state index contributed by atoms with van der Waals surface area (Å²) in [6, 6.07) is 2.68. The highest BCUT2D eigenvalue weighted by Crippen LogP contribution is 2.24. The summed E-state index contributed by atoms with van der Waals surface area (Å²) in [6.07, 6.45) is 3.78. The number of hydrogen-bond acceptors (Lipinski definition) is 3. The third-order valence-corrected chi connectivity index (χ3v) is 3.27. The molecule has 0 radical (unpaired) electrons. The zero-order valence-electron chi connectivity index (χ0n) is 9.13. The molecular formula is C11H15Cl2N3. The van der Waals surface area contributed by atoms with E-state index in [1.54, 1.807) is 12.3 Å². The number of rotatable bonds is 2. The molecule has 1 fully saturated rings. The maximum atomic E-state index is 6.06. The lowest BCUT2D eigenvalue weighted by Crippen LogP contribution is -2.41. The van der Waals surface area contributed by atoms with Gasteiger partial charge >= 0.3 is 0 Å². The van der Waals surface area contributed by atoms with E-state index in [0.717, 1.165) is 25.2 Å². The molecular weight excluding hydrogens is 245 g/mol. The van der Waals surface area contributed by atoms with Crippen LogP contribution >= 0.6 is 23.2 Å². The molecule has 0 aromatic carbocycles. The molecule has 2 N–H and O–H groups in total.